The number of carbonyl (C=O) groups is 2. The summed E-state index contributed by atoms with van der Waals surface area (Å²) in [5, 5.41) is 6.45. The zero-order chi connectivity index (χ0) is 20.8. The lowest BCUT2D eigenvalue weighted by Crippen LogP contribution is -2.52. The molecule has 2 heterocycles. The van der Waals surface area contributed by atoms with E-state index < -0.39 is 5.54 Å². The van der Waals surface area contributed by atoms with E-state index in [1.54, 1.807) is 25.1 Å². The predicted octanol–water partition coefficient (Wildman–Crippen LogP) is 3.30. The van der Waals surface area contributed by atoms with Crippen LogP contribution in [0, 0.1) is 0 Å². The molecule has 1 spiro atoms. The Hall–Kier alpha value is -2.32. The van der Waals surface area contributed by atoms with Crippen LogP contribution in [0.5, 0.6) is 0 Å². The highest BCUT2D eigenvalue weighted by Gasteiger charge is 2.44. The van der Waals surface area contributed by atoms with Gasteiger partial charge < -0.3 is 20.0 Å². The second kappa shape index (κ2) is 7.50. The maximum absolute atomic E-state index is 12.3. The fourth-order valence-corrected chi connectivity index (χ4v) is 4.59. The van der Waals surface area contributed by atoms with Crippen molar-refractivity contribution in [3.63, 3.8) is 0 Å². The van der Waals surface area contributed by atoms with Crippen molar-refractivity contribution in [2.45, 2.75) is 44.2 Å². The van der Waals surface area contributed by atoms with Gasteiger partial charge in [0.2, 0.25) is 11.8 Å². The first kappa shape index (κ1) is 20.0. The highest BCUT2D eigenvalue weighted by Crippen LogP contribution is 2.48. The summed E-state index contributed by atoms with van der Waals surface area (Å²) in [6.45, 7) is 0.666. The molecule has 1 aliphatic carbocycles. The number of carbonyl (C=O) groups excluding carboxylic acids is 2. The van der Waals surface area contributed by atoms with Crippen LogP contribution in [0.3, 0.4) is 0 Å². The van der Waals surface area contributed by atoms with Crippen molar-refractivity contribution in [3.8, 4) is 0 Å². The zero-order valence-electron chi connectivity index (χ0n) is 17.0. The molecule has 0 unspecified atom stereocenters. The van der Waals surface area contributed by atoms with E-state index >= 15 is 0 Å². The summed E-state index contributed by atoms with van der Waals surface area (Å²) in [5.74, 6) is 0.526. The molecule has 156 valence electrons. The Bertz CT molecular complexity index is 965. The number of fused-ring (bicyclic) bond motifs is 4. The molecular weight excluding hydrogens is 394 g/mol. The van der Waals surface area contributed by atoms with Crippen LogP contribution in [0.4, 0.5) is 10.5 Å². The number of benzene rings is 1. The van der Waals surface area contributed by atoms with E-state index in [1.165, 1.54) is 0 Å². The number of aromatic nitrogens is 1. The monoisotopic (exact) mass is 419 g/mol. The van der Waals surface area contributed by atoms with E-state index in [0.29, 0.717) is 34.2 Å². The average Bonchev–Trinajstić information content (AvgIpc) is 3.03. The summed E-state index contributed by atoms with van der Waals surface area (Å²) in [6, 6.07) is 1.50. The van der Waals surface area contributed by atoms with Crippen LogP contribution < -0.4 is 10.6 Å². The number of likely N-dealkylation sites (N-methyl/N-ethyl adjacent to an activating group) is 2. The van der Waals surface area contributed by atoms with Crippen molar-refractivity contribution < 1.29 is 14.0 Å². The van der Waals surface area contributed by atoms with Crippen molar-refractivity contribution in [3.05, 3.63) is 22.5 Å². The van der Waals surface area contributed by atoms with Crippen LogP contribution in [0.25, 0.3) is 11.1 Å². The molecule has 0 saturated heterocycles. The molecule has 9 heteroatoms. The van der Waals surface area contributed by atoms with Gasteiger partial charge in [-0.3, -0.25) is 9.69 Å². The Morgan fingerprint density at radius 3 is 2.69 bits per heavy atom. The minimum atomic E-state index is -0.483. The van der Waals surface area contributed by atoms with Crippen molar-refractivity contribution >= 4 is 40.3 Å². The van der Waals surface area contributed by atoms with Gasteiger partial charge in [-0.2, -0.15) is 0 Å². The lowest BCUT2D eigenvalue weighted by Gasteiger charge is -2.42. The maximum Gasteiger partial charge on any atom is 0.319 e. The molecule has 29 heavy (non-hydrogen) atoms. The van der Waals surface area contributed by atoms with E-state index in [2.05, 4.69) is 15.6 Å². The zero-order valence-corrected chi connectivity index (χ0v) is 17.7. The molecule has 1 aromatic heterocycles. The van der Waals surface area contributed by atoms with Gasteiger partial charge in [0.1, 0.15) is 5.52 Å². The third kappa shape index (κ3) is 3.67. The number of rotatable bonds is 4. The molecule has 0 bridgehead atoms. The van der Waals surface area contributed by atoms with Gasteiger partial charge in [0, 0.05) is 19.7 Å². The first-order valence-corrected chi connectivity index (χ1v) is 10.3. The minimum absolute atomic E-state index is 0.0112. The van der Waals surface area contributed by atoms with Crippen molar-refractivity contribution in [1.29, 1.82) is 0 Å². The Morgan fingerprint density at radius 1 is 1.28 bits per heavy atom. The van der Waals surface area contributed by atoms with E-state index in [0.717, 1.165) is 37.7 Å². The first-order valence-electron chi connectivity index (χ1n) is 9.89. The molecule has 8 nitrogen and oxygen atoms in total. The third-order valence-corrected chi connectivity index (χ3v) is 6.06. The summed E-state index contributed by atoms with van der Waals surface area (Å²) in [7, 11) is 5.31. The fourth-order valence-electron chi connectivity index (χ4n) is 4.34. The Balaban J connectivity index is 1.73. The van der Waals surface area contributed by atoms with E-state index in [1.807, 2.05) is 11.9 Å². The van der Waals surface area contributed by atoms with E-state index in [-0.39, 0.29) is 18.5 Å². The van der Waals surface area contributed by atoms with Crippen LogP contribution in [-0.4, -0.2) is 54.4 Å². The molecule has 2 aromatic rings. The number of hydrogen-bond donors (Lipinski definition) is 2. The topological polar surface area (TPSA) is 90.7 Å². The highest BCUT2D eigenvalue weighted by molar-refractivity contribution is 6.35. The molecule has 3 amide bonds. The van der Waals surface area contributed by atoms with E-state index in [4.69, 9.17) is 16.0 Å². The summed E-state index contributed by atoms with van der Waals surface area (Å²) in [5.41, 5.74) is 2.34. The smallest absolute Gasteiger partial charge is 0.319 e. The van der Waals surface area contributed by atoms with Gasteiger partial charge in [-0.25, -0.2) is 9.78 Å². The highest BCUT2D eigenvalue weighted by atomic mass is 35.5. The van der Waals surface area contributed by atoms with Crippen molar-refractivity contribution in [1.82, 2.24) is 20.1 Å². The largest absolute Gasteiger partial charge is 0.439 e. The van der Waals surface area contributed by atoms with Crippen LogP contribution in [-0.2, 0) is 16.9 Å². The standard InChI is InChI=1S/C20H26ClN5O3/c1-25(2)15(27)11-26(3)10-14-22-13-9-12(21)17-16(18(13)29-14)20(24-19(28)23-17)7-5-4-6-8-20/h9H,4-8,10-11H2,1-3H3,(H2,23,24,28). The van der Waals surface area contributed by atoms with Crippen LogP contribution in [0.15, 0.2) is 10.5 Å². The normalized spacial score (nSPS) is 17.9. The number of amides is 3. The van der Waals surface area contributed by atoms with Gasteiger partial charge in [0.15, 0.2) is 5.58 Å². The van der Waals surface area contributed by atoms with Gasteiger partial charge >= 0.3 is 6.03 Å². The Kier molecular flexibility index (Phi) is 5.16. The summed E-state index contributed by atoms with van der Waals surface area (Å²) in [6.07, 6.45) is 4.90. The second-order valence-corrected chi connectivity index (χ2v) is 8.65. The molecule has 1 fully saturated rings. The van der Waals surface area contributed by atoms with Crippen LogP contribution in [0.1, 0.15) is 43.6 Å². The first-order chi connectivity index (χ1) is 13.8. The van der Waals surface area contributed by atoms with Crippen molar-refractivity contribution in [2.24, 2.45) is 0 Å². The van der Waals surface area contributed by atoms with Crippen LogP contribution >= 0.6 is 11.6 Å². The molecule has 2 N–H and O–H groups in total. The Labute approximate surface area is 174 Å². The molecule has 1 aliphatic heterocycles. The molecule has 2 aliphatic rings. The van der Waals surface area contributed by atoms with Gasteiger partial charge in [-0.15, -0.1) is 0 Å². The number of nitrogens with zero attached hydrogens (tertiary/aromatic N) is 3. The number of anilines is 1. The number of nitrogens with one attached hydrogen (secondary N) is 2. The van der Waals surface area contributed by atoms with E-state index in [9.17, 15) is 9.59 Å². The lowest BCUT2D eigenvalue weighted by atomic mass is 9.74. The number of oxazole rings is 1. The van der Waals surface area contributed by atoms with Gasteiger partial charge in [0.25, 0.3) is 0 Å². The molecule has 0 atom stereocenters. The summed E-state index contributed by atoms with van der Waals surface area (Å²) >= 11 is 6.52. The maximum atomic E-state index is 12.3. The molecule has 0 radical (unpaired) electrons. The summed E-state index contributed by atoms with van der Waals surface area (Å²) < 4.78 is 6.17. The third-order valence-electron chi connectivity index (χ3n) is 5.76. The van der Waals surface area contributed by atoms with Crippen LogP contribution in [0.2, 0.25) is 5.02 Å². The molecule has 4 rings (SSSR count). The molecule has 1 aromatic carbocycles. The van der Waals surface area contributed by atoms with Gasteiger partial charge in [0.05, 0.1) is 29.3 Å². The fraction of sp³-hybridized carbons (Fsp3) is 0.550. The quantitative estimate of drug-likeness (QED) is 0.793. The Morgan fingerprint density at radius 2 is 2.00 bits per heavy atom. The van der Waals surface area contributed by atoms with Gasteiger partial charge in [-0.1, -0.05) is 30.9 Å². The van der Waals surface area contributed by atoms with Crippen molar-refractivity contribution in [2.75, 3.05) is 33.0 Å². The molecular formula is C20H26ClN5O3. The number of hydrogen-bond acceptors (Lipinski definition) is 5. The predicted molar refractivity (Wildman–Crippen MR) is 111 cm³/mol. The summed E-state index contributed by atoms with van der Waals surface area (Å²) in [4.78, 5) is 32.3. The minimum Gasteiger partial charge on any atom is -0.439 e. The van der Waals surface area contributed by atoms with Gasteiger partial charge in [-0.05, 0) is 26.0 Å². The number of urea groups is 1. The average molecular weight is 420 g/mol. The second-order valence-electron chi connectivity index (χ2n) is 8.25. The SMILES string of the molecule is CN(CC(=O)N(C)C)Cc1nc2cc(Cl)c3c(c2o1)C1(CCCCC1)NC(=O)N3. The lowest BCUT2D eigenvalue weighted by molar-refractivity contribution is -0.129. The molecule has 1 saturated carbocycles. The number of halogens is 1.